The predicted octanol–water partition coefficient (Wildman–Crippen LogP) is 1.70. The van der Waals surface area contributed by atoms with Crippen LogP contribution in [0.2, 0.25) is 0 Å². The van der Waals surface area contributed by atoms with Crippen LogP contribution in [0.1, 0.15) is 44.9 Å². The van der Waals surface area contributed by atoms with E-state index in [1.54, 1.807) is 0 Å². The average Bonchev–Trinajstić information content (AvgIpc) is 2.09. The summed E-state index contributed by atoms with van der Waals surface area (Å²) < 4.78 is 0. The minimum Gasteiger partial charge on any atom is -0.396 e. The molecule has 0 saturated heterocycles. The van der Waals surface area contributed by atoms with Crippen LogP contribution >= 0.6 is 0 Å². The molecule has 0 aromatic rings. The zero-order valence-corrected chi connectivity index (χ0v) is 7.71. The van der Waals surface area contributed by atoms with Crippen molar-refractivity contribution in [3.8, 4) is 0 Å². The first-order valence-electron chi connectivity index (χ1n) is 5.12. The molecule has 0 aromatic carbocycles. The standard InChI is InChI=1S/C10H20O2/c11-8-2-1-3-9-4-6-10(12)7-5-9/h9-12H,1-8H2. The van der Waals surface area contributed by atoms with Crippen molar-refractivity contribution in [1.29, 1.82) is 0 Å². The highest BCUT2D eigenvalue weighted by molar-refractivity contribution is 4.71. The largest absolute Gasteiger partial charge is 0.396 e. The Morgan fingerprint density at radius 3 is 2.25 bits per heavy atom. The van der Waals surface area contributed by atoms with Crippen molar-refractivity contribution in [3.05, 3.63) is 0 Å². The fraction of sp³-hybridized carbons (Fsp3) is 1.00. The van der Waals surface area contributed by atoms with Crippen LogP contribution in [0.5, 0.6) is 0 Å². The van der Waals surface area contributed by atoms with Crippen LogP contribution in [0.25, 0.3) is 0 Å². The van der Waals surface area contributed by atoms with Crippen LogP contribution in [-0.4, -0.2) is 22.9 Å². The van der Waals surface area contributed by atoms with Gasteiger partial charge >= 0.3 is 0 Å². The molecule has 1 saturated carbocycles. The van der Waals surface area contributed by atoms with Gasteiger partial charge in [-0.25, -0.2) is 0 Å². The van der Waals surface area contributed by atoms with Gasteiger partial charge in [0, 0.05) is 6.61 Å². The molecule has 72 valence electrons. The summed E-state index contributed by atoms with van der Waals surface area (Å²) in [5.74, 6) is 0.819. The lowest BCUT2D eigenvalue weighted by Gasteiger charge is -2.25. The predicted molar refractivity (Wildman–Crippen MR) is 48.9 cm³/mol. The van der Waals surface area contributed by atoms with E-state index in [1.165, 1.54) is 19.3 Å². The lowest BCUT2D eigenvalue weighted by molar-refractivity contribution is 0.105. The fourth-order valence-electron chi connectivity index (χ4n) is 1.98. The number of aliphatic hydroxyl groups is 2. The second-order valence-electron chi connectivity index (χ2n) is 3.89. The molecule has 1 aliphatic rings. The number of rotatable bonds is 4. The molecule has 2 heteroatoms. The Hall–Kier alpha value is -0.0800. The summed E-state index contributed by atoms with van der Waals surface area (Å²) in [4.78, 5) is 0. The second kappa shape index (κ2) is 5.55. The Morgan fingerprint density at radius 2 is 1.67 bits per heavy atom. The van der Waals surface area contributed by atoms with Crippen LogP contribution < -0.4 is 0 Å². The Balaban J connectivity index is 2.01. The van der Waals surface area contributed by atoms with Gasteiger partial charge in [-0.2, -0.15) is 0 Å². The van der Waals surface area contributed by atoms with Gasteiger partial charge < -0.3 is 10.2 Å². The lowest BCUT2D eigenvalue weighted by atomic mass is 9.84. The molecule has 0 bridgehead atoms. The minimum absolute atomic E-state index is 0.0286. The third kappa shape index (κ3) is 3.55. The zero-order valence-electron chi connectivity index (χ0n) is 7.71. The number of hydrogen-bond acceptors (Lipinski definition) is 2. The van der Waals surface area contributed by atoms with E-state index in [9.17, 15) is 5.11 Å². The molecule has 1 aliphatic carbocycles. The Morgan fingerprint density at radius 1 is 1.00 bits per heavy atom. The summed E-state index contributed by atoms with van der Waals surface area (Å²) in [7, 11) is 0. The molecule has 0 atom stereocenters. The molecule has 0 unspecified atom stereocenters. The van der Waals surface area contributed by atoms with Crippen LogP contribution in [0, 0.1) is 5.92 Å². The molecule has 1 fully saturated rings. The van der Waals surface area contributed by atoms with Crippen molar-refractivity contribution in [2.24, 2.45) is 5.92 Å². The van der Waals surface area contributed by atoms with E-state index in [1.807, 2.05) is 0 Å². The highest BCUT2D eigenvalue weighted by Crippen LogP contribution is 2.27. The van der Waals surface area contributed by atoms with E-state index in [-0.39, 0.29) is 6.10 Å². The first kappa shape index (κ1) is 10.0. The van der Waals surface area contributed by atoms with E-state index in [4.69, 9.17) is 5.11 Å². The quantitative estimate of drug-likeness (QED) is 0.634. The first-order valence-corrected chi connectivity index (χ1v) is 5.12. The maximum atomic E-state index is 9.26. The summed E-state index contributed by atoms with van der Waals surface area (Å²) >= 11 is 0. The van der Waals surface area contributed by atoms with E-state index >= 15 is 0 Å². The van der Waals surface area contributed by atoms with Crippen molar-refractivity contribution in [2.45, 2.75) is 51.0 Å². The Labute approximate surface area is 74.6 Å². The maximum Gasteiger partial charge on any atom is 0.0540 e. The number of hydrogen-bond donors (Lipinski definition) is 2. The minimum atomic E-state index is -0.0286. The molecular weight excluding hydrogens is 152 g/mol. The van der Waals surface area contributed by atoms with E-state index in [0.717, 1.165) is 31.6 Å². The molecule has 0 aromatic heterocycles. The Kier molecular flexibility index (Phi) is 4.62. The zero-order chi connectivity index (χ0) is 8.81. The molecule has 0 heterocycles. The molecule has 1 rings (SSSR count). The van der Waals surface area contributed by atoms with Gasteiger partial charge in [-0.1, -0.05) is 12.8 Å². The van der Waals surface area contributed by atoms with Gasteiger partial charge in [-0.15, -0.1) is 0 Å². The topological polar surface area (TPSA) is 40.5 Å². The number of unbranched alkanes of at least 4 members (excludes halogenated alkanes) is 1. The van der Waals surface area contributed by atoms with E-state index in [2.05, 4.69) is 0 Å². The van der Waals surface area contributed by atoms with Crippen LogP contribution in [-0.2, 0) is 0 Å². The van der Waals surface area contributed by atoms with E-state index in [0.29, 0.717) is 6.61 Å². The SMILES string of the molecule is OCCCCC1CCC(O)CC1. The van der Waals surface area contributed by atoms with Gasteiger partial charge in [0.2, 0.25) is 0 Å². The Bertz CT molecular complexity index is 106. The van der Waals surface area contributed by atoms with Crippen molar-refractivity contribution in [1.82, 2.24) is 0 Å². The highest BCUT2D eigenvalue weighted by Gasteiger charge is 2.18. The molecule has 0 radical (unpaired) electrons. The van der Waals surface area contributed by atoms with Crippen molar-refractivity contribution in [2.75, 3.05) is 6.61 Å². The second-order valence-corrected chi connectivity index (χ2v) is 3.89. The van der Waals surface area contributed by atoms with Crippen molar-refractivity contribution >= 4 is 0 Å². The van der Waals surface area contributed by atoms with Gasteiger partial charge in [0.05, 0.1) is 6.10 Å². The van der Waals surface area contributed by atoms with E-state index < -0.39 is 0 Å². The smallest absolute Gasteiger partial charge is 0.0540 e. The lowest BCUT2D eigenvalue weighted by Crippen LogP contribution is -2.18. The van der Waals surface area contributed by atoms with Gasteiger partial charge in [-0.3, -0.25) is 0 Å². The van der Waals surface area contributed by atoms with Gasteiger partial charge in [0.1, 0.15) is 0 Å². The van der Waals surface area contributed by atoms with Crippen molar-refractivity contribution < 1.29 is 10.2 Å². The fourth-order valence-corrected chi connectivity index (χ4v) is 1.98. The third-order valence-corrected chi connectivity index (χ3v) is 2.84. The molecule has 2 nitrogen and oxygen atoms in total. The molecule has 2 N–H and O–H groups in total. The summed E-state index contributed by atoms with van der Waals surface area (Å²) in [5, 5.41) is 17.9. The molecule has 12 heavy (non-hydrogen) atoms. The van der Waals surface area contributed by atoms with Gasteiger partial charge in [0.15, 0.2) is 0 Å². The summed E-state index contributed by atoms with van der Waals surface area (Å²) in [6, 6.07) is 0. The number of aliphatic hydroxyl groups excluding tert-OH is 2. The highest BCUT2D eigenvalue weighted by atomic mass is 16.3. The van der Waals surface area contributed by atoms with Crippen LogP contribution in [0.3, 0.4) is 0 Å². The molecule has 0 aliphatic heterocycles. The molecule has 0 amide bonds. The first-order chi connectivity index (χ1) is 5.83. The summed E-state index contributed by atoms with van der Waals surface area (Å²) in [6.07, 6.45) is 7.66. The molecule has 0 spiro atoms. The van der Waals surface area contributed by atoms with Gasteiger partial charge in [0.25, 0.3) is 0 Å². The summed E-state index contributed by atoms with van der Waals surface area (Å²) in [6.45, 7) is 0.329. The maximum absolute atomic E-state index is 9.26. The summed E-state index contributed by atoms with van der Waals surface area (Å²) in [5.41, 5.74) is 0. The van der Waals surface area contributed by atoms with Crippen LogP contribution in [0.4, 0.5) is 0 Å². The van der Waals surface area contributed by atoms with Crippen LogP contribution in [0.15, 0.2) is 0 Å². The molecular formula is C10H20O2. The normalized spacial score (nSPS) is 30.5. The monoisotopic (exact) mass is 172 g/mol. The van der Waals surface area contributed by atoms with Gasteiger partial charge in [-0.05, 0) is 38.0 Å². The van der Waals surface area contributed by atoms with Crippen molar-refractivity contribution in [3.63, 3.8) is 0 Å². The average molecular weight is 172 g/mol. The third-order valence-electron chi connectivity index (χ3n) is 2.84.